The minimum atomic E-state index is 0.148. The van der Waals surface area contributed by atoms with Gasteiger partial charge in [0.2, 0.25) is 5.91 Å². The molecule has 31 heavy (non-hydrogen) atoms. The van der Waals surface area contributed by atoms with Gasteiger partial charge in [-0.2, -0.15) is 0 Å². The molecule has 0 bridgehead atoms. The Hall–Kier alpha value is -2.84. The molecule has 3 heterocycles. The van der Waals surface area contributed by atoms with Crippen molar-refractivity contribution < 1.29 is 9.21 Å². The number of hydrogen-bond donors (Lipinski definition) is 0. The number of carbonyl (C=O) groups is 1. The van der Waals surface area contributed by atoms with Gasteiger partial charge >= 0.3 is 0 Å². The SMILES string of the molecule is CCn1c(SCC(=O)N2CCN(C/C=C/c3ccccc3)CC2)nnc1-c1ccco1. The van der Waals surface area contributed by atoms with Crippen molar-refractivity contribution in [2.75, 3.05) is 38.5 Å². The largest absolute Gasteiger partial charge is 0.461 e. The van der Waals surface area contributed by atoms with Gasteiger partial charge in [0, 0.05) is 39.3 Å². The maximum Gasteiger partial charge on any atom is 0.233 e. The quantitative estimate of drug-likeness (QED) is 0.503. The molecule has 7 nitrogen and oxygen atoms in total. The molecule has 0 radical (unpaired) electrons. The van der Waals surface area contributed by atoms with Crippen LogP contribution in [0.1, 0.15) is 12.5 Å². The van der Waals surface area contributed by atoms with Crippen molar-refractivity contribution in [1.29, 1.82) is 0 Å². The number of hydrogen-bond acceptors (Lipinski definition) is 6. The normalized spacial score (nSPS) is 15.1. The van der Waals surface area contributed by atoms with Crippen molar-refractivity contribution in [2.24, 2.45) is 0 Å². The third-order valence-corrected chi connectivity index (χ3v) is 6.25. The predicted molar refractivity (Wildman–Crippen MR) is 123 cm³/mol. The van der Waals surface area contributed by atoms with E-state index in [1.807, 2.05) is 46.7 Å². The van der Waals surface area contributed by atoms with Gasteiger partial charge in [-0.25, -0.2) is 0 Å². The van der Waals surface area contributed by atoms with E-state index in [0.717, 1.165) is 37.9 Å². The smallest absolute Gasteiger partial charge is 0.233 e. The van der Waals surface area contributed by atoms with Crippen molar-refractivity contribution in [3.8, 4) is 11.6 Å². The maximum absolute atomic E-state index is 12.7. The number of furan rings is 1. The van der Waals surface area contributed by atoms with E-state index in [4.69, 9.17) is 4.42 Å². The number of benzene rings is 1. The number of piperazine rings is 1. The Kier molecular flexibility index (Phi) is 7.22. The van der Waals surface area contributed by atoms with Crippen LogP contribution in [0.3, 0.4) is 0 Å². The van der Waals surface area contributed by atoms with Crippen LogP contribution in [0.2, 0.25) is 0 Å². The molecule has 2 aromatic heterocycles. The molecule has 8 heteroatoms. The molecule has 1 saturated heterocycles. The third kappa shape index (κ3) is 5.45. The molecule has 1 aliphatic heterocycles. The predicted octanol–water partition coefficient (Wildman–Crippen LogP) is 3.51. The lowest BCUT2D eigenvalue weighted by Crippen LogP contribution is -2.49. The summed E-state index contributed by atoms with van der Waals surface area (Å²) in [5.41, 5.74) is 1.21. The summed E-state index contributed by atoms with van der Waals surface area (Å²) in [6, 6.07) is 14.0. The summed E-state index contributed by atoms with van der Waals surface area (Å²) in [5, 5.41) is 9.24. The van der Waals surface area contributed by atoms with Crippen molar-refractivity contribution in [3.05, 3.63) is 60.4 Å². The number of thioether (sulfide) groups is 1. The van der Waals surface area contributed by atoms with Crippen LogP contribution in [-0.4, -0.2) is 68.9 Å². The standard InChI is InChI=1S/C23H27N5O2S/c1-2-28-22(20-11-7-17-30-20)24-25-23(28)31-18-21(29)27-15-13-26(14-16-27)12-6-10-19-8-4-3-5-9-19/h3-11,17H,2,12-16,18H2,1H3/b10-6+. The van der Waals surface area contributed by atoms with Crippen LogP contribution in [0.4, 0.5) is 0 Å². The highest BCUT2D eigenvalue weighted by atomic mass is 32.2. The molecule has 162 valence electrons. The van der Waals surface area contributed by atoms with Gasteiger partial charge in [-0.3, -0.25) is 14.3 Å². The van der Waals surface area contributed by atoms with Crippen LogP contribution in [0.5, 0.6) is 0 Å². The van der Waals surface area contributed by atoms with E-state index >= 15 is 0 Å². The molecular formula is C23H27N5O2S. The summed E-state index contributed by atoms with van der Waals surface area (Å²) in [7, 11) is 0. The molecule has 1 amide bonds. The van der Waals surface area contributed by atoms with Gasteiger partial charge in [0.1, 0.15) is 0 Å². The van der Waals surface area contributed by atoms with E-state index < -0.39 is 0 Å². The molecule has 0 atom stereocenters. The molecular weight excluding hydrogens is 410 g/mol. The van der Waals surface area contributed by atoms with Crippen molar-refractivity contribution in [1.82, 2.24) is 24.6 Å². The van der Waals surface area contributed by atoms with E-state index in [1.54, 1.807) is 6.26 Å². The maximum atomic E-state index is 12.7. The van der Waals surface area contributed by atoms with Crippen molar-refractivity contribution in [2.45, 2.75) is 18.6 Å². The Morgan fingerprint density at radius 3 is 2.61 bits per heavy atom. The van der Waals surface area contributed by atoms with Gasteiger partial charge < -0.3 is 9.32 Å². The van der Waals surface area contributed by atoms with Gasteiger partial charge in [0.25, 0.3) is 0 Å². The van der Waals surface area contributed by atoms with Crippen LogP contribution in [0.25, 0.3) is 17.7 Å². The molecule has 0 saturated carbocycles. The molecule has 0 spiro atoms. The highest BCUT2D eigenvalue weighted by Crippen LogP contribution is 2.24. The first-order valence-electron chi connectivity index (χ1n) is 10.6. The topological polar surface area (TPSA) is 67.4 Å². The van der Waals surface area contributed by atoms with Gasteiger partial charge in [0.15, 0.2) is 16.7 Å². The fourth-order valence-corrected chi connectivity index (χ4v) is 4.47. The minimum Gasteiger partial charge on any atom is -0.461 e. The molecule has 1 aliphatic rings. The summed E-state index contributed by atoms with van der Waals surface area (Å²) in [5.74, 6) is 1.89. The average molecular weight is 438 g/mol. The van der Waals surface area contributed by atoms with Crippen LogP contribution in [0.15, 0.2) is 64.4 Å². The zero-order valence-electron chi connectivity index (χ0n) is 17.7. The monoisotopic (exact) mass is 437 g/mol. The lowest BCUT2D eigenvalue weighted by molar-refractivity contribution is -0.130. The first-order chi connectivity index (χ1) is 15.2. The first kappa shape index (κ1) is 21.4. The molecule has 0 N–H and O–H groups in total. The molecule has 3 aromatic rings. The van der Waals surface area contributed by atoms with Crippen LogP contribution in [-0.2, 0) is 11.3 Å². The number of carbonyl (C=O) groups excluding carboxylic acids is 1. The van der Waals surface area contributed by atoms with E-state index in [-0.39, 0.29) is 5.91 Å². The van der Waals surface area contributed by atoms with E-state index in [0.29, 0.717) is 23.9 Å². The summed E-state index contributed by atoms with van der Waals surface area (Å²) < 4.78 is 7.42. The zero-order valence-corrected chi connectivity index (χ0v) is 18.5. The van der Waals surface area contributed by atoms with Crippen LogP contribution >= 0.6 is 11.8 Å². The second-order valence-corrected chi connectivity index (χ2v) is 8.25. The second kappa shape index (κ2) is 10.5. The van der Waals surface area contributed by atoms with Gasteiger partial charge in [-0.15, -0.1) is 10.2 Å². The number of rotatable bonds is 8. The van der Waals surface area contributed by atoms with Gasteiger partial charge in [0.05, 0.1) is 12.0 Å². The Labute approximate surface area is 186 Å². The molecule has 0 unspecified atom stereocenters. The first-order valence-corrected chi connectivity index (χ1v) is 11.5. The molecule has 4 rings (SSSR count). The van der Waals surface area contributed by atoms with Crippen molar-refractivity contribution in [3.63, 3.8) is 0 Å². The number of amides is 1. The lowest BCUT2D eigenvalue weighted by Gasteiger charge is -2.34. The summed E-state index contributed by atoms with van der Waals surface area (Å²) in [6.07, 6.45) is 5.96. The van der Waals surface area contributed by atoms with E-state index in [9.17, 15) is 4.79 Å². The Morgan fingerprint density at radius 2 is 1.90 bits per heavy atom. The highest BCUT2D eigenvalue weighted by Gasteiger charge is 2.22. The lowest BCUT2D eigenvalue weighted by atomic mass is 10.2. The second-order valence-electron chi connectivity index (χ2n) is 7.31. The highest BCUT2D eigenvalue weighted by molar-refractivity contribution is 7.99. The fraction of sp³-hybridized carbons (Fsp3) is 0.348. The summed E-state index contributed by atoms with van der Waals surface area (Å²) in [6.45, 7) is 6.96. The summed E-state index contributed by atoms with van der Waals surface area (Å²) in [4.78, 5) is 17.0. The molecule has 1 fully saturated rings. The Balaban J connectivity index is 1.24. The Bertz CT molecular complexity index is 992. The molecule has 0 aliphatic carbocycles. The number of nitrogens with zero attached hydrogens (tertiary/aromatic N) is 5. The summed E-state index contributed by atoms with van der Waals surface area (Å²) >= 11 is 1.44. The van der Waals surface area contributed by atoms with E-state index in [2.05, 4.69) is 39.4 Å². The third-order valence-electron chi connectivity index (χ3n) is 5.30. The van der Waals surface area contributed by atoms with E-state index in [1.165, 1.54) is 17.3 Å². The Morgan fingerprint density at radius 1 is 1.10 bits per heavy atom. The number of aromatic nitrogens is 3. The van der Waals surface area contributed by atoms with Crippen LogP contribution in [0, 0.1) is 0 Å². The zero-order chi connectivity index (χ0) is 21.5. The van der Waals surface area contributed by atoms with Gasteiger partial charge in [-0.05, 0) is 24.6 Å². The average Bonchev–Trinajstić information content (AvgIpc) is 3.48. The van der Waals surface area contributed by atoms with Crippen LogP contribution < -0.4 is 0 Å². The fourth-order valence-electron chi connectivity index (χ4n) is 3.57. The van der Waals surface area contributed by atoms with Gasteiger partial charge in [-0.1, -0.05) is 54.2 Å². The van der Waals surface area contributed by atoms with Crippen molar-refractivity contribution >= 4 is 23.7 Å². The minimum absolute atomic E-state index is 0.148. The molecule has 1 aromatic carbocycles.